The first-order chi connectivity index (χ1) is 13.5. The average Bonchev–Trinajstić information content (AvgIpc) is 2.70. The Balaban J connectivity index is 1.77. The van der Waals surface area contributed by atoms with Crippen molar-refractivity contribution in [1.29, 1.82) is 0 Å². The van der Waals surface area contributed by atoms with Crippen molar-refractivity contribution in [2.75, 3.05) is 16.8 Å². The number of halogens is 1. The van der Waals surface area contributed by atoms with Crippen molar-refractivity contribution < 1.29 is 9.18 Å². The van der Waals surface area contributed by atoms with Crippen LogP contribution in [-0.4, -0.2) is 10.9 Å². The molecule has 138 valence electrons. The van der Waals surface area contributed by atoms with E-state index in [1.54, 1.807) is 42.5 Å². The maximum absolute atomic E-state index is 13.6. The average molecular weight is 372 g/mol. The Morgan fingerprint density at radius 2 is 1.68 bits per heavy atom. The summed E-state index contributed by atoms with van der Waals surface area (Å²) in [5.41, 5.74) is 14.8. The molecule has 28 heavy (non-hydrogen) atoms. The topological polar surface area (TPSA) is 94.0 Å². The number of anilines is 3. The van der Waals surface area contributed by atoms with E-state index < -0.39 is 0 Å². The Hall–Kier alpha value is -3.93. The van der Waals surface area contributed by atoms with Crippen molar-refractivity contribution in [2.45, 2.75) is 0 Å². The van der Waals surface area contributed by atoms with Crippen molar-refractivity contribution >= 4 is 33.9 Å². The van der Waals surface area contributed by atoms with Gasteiger partial charge in [-0.1, -0.05) is 36.4 Å². The largest absolute Gasteiger partial charge is 0.397 e. The van der Waals surface area contributed by atoms with Crippen molar-refractivity contribution in [3.05, 3.63) is 84.3 Å². The van der Waals surface area contributed by atoms with E-state index in [1.165, 1.54) is 18.3 Å². The molecule has 5 N–H and O–H groups in total. The Labute approximate surface area is 160 Å². The molecule has 4 rings (SSSR count). The summed E-state index contributed by atoms with van der Waals surface area (Å²) in [4.78, 5) is 17.0. The van der Waals surface area contributed by atoms with Crippen LogP contribution < -0.4 is 16.8 Å². The van der Waals surface area contributed by atoms with E-state index in [1.807, 2.05) is 12.1 Å². The zero-order valence-corrected chi connectivity index (χ0v) is 14.8. The van der Waals surface area contributed by atoms with E-state index in [0.29, 0.717) is 39.1 Å². The fraction of sp³-hybridized carbons (Fsp3) is 0. The molecule has 0 unspecified atom stereocenters. The van der Waals surface area contributed by atoms with Gasteiger partial charge in [-0.2, -0.15) is 0 Å². The summed E-state index contributed by atoms with van der Waals surface area (Å²) < 4.78 is 13.6. The third-order valence-corrected chi connectivity index (χ3v) is 4.53. The van der Waals surface area contributed by atoms with Gasteiger partial charge in [0.25, 0.3) is 5.91 Å². The molecule has 0 atom stereocenters. The molecule has 1 heterocycles. The highest BCUT2D eigenvalue weighted by atomic mass is 19.1. The predicted molar refractivity (Wildman–Crippen MR) is 110 cm³/mol. The Morgan fingerprint density at radius 1 is 0.893 bits per heavy atom. The second-order valence-electron chi connectivity index (χ2n) is 6.37. The summed E-state index contributed by atoms with van der Waals surface area (Å²) in [6, 6.07) is 18.7. The fourth-order valence-corrected chi connectivity index (χ4v) is 3.09. The highest BCUT2D eigenvalue weighted by Gasteiger charge is 2.15. The monoisotopic (exact) mass is 372 g/mol. The van der Waals surface area contributed by atoms with Crippen LogP contribution in [0.25, 0.3) is 21.9 Å². The van der Waals surface area contributed by atoms with Gasteiger partial charge < -0.3 is 16.8 Å². The van der Waals surface area contributed by atoms with Gasteiger partial charge in [-0.25, -0.2) is 9.37 Å². The number of fused-ring (bicyclic) bond motifs is 1. The number of rotatable bonds is 3. The summed E-state index contributed by atoms with van der Waals surface area (Å²) in [5.74, 6) is -0.366. The Bertz CT molecular complexity index is 1210. The second-order valence-corrected chi connectivity index (χ2v) is 6.37. The molecule has 0 radical (unpaired) electrons. The molecule has 5 nitrogen and oxygen atoms in total. The summed E-state index contributed by atoms with van der Waals surface area (Å²) in [5, 5.41) is 4.07. The van der Waals surface area contributed by atoms with Gasteiger partial charge in [0.05, 0.1) is 16.9 Å². The molecule has 0 bridgehead atoms. The van der Waals surface area contributed by atoms with Gasteiger partial charge in [0.1, 0.15) is 11.6 Å². The molecule has 0 aliphatic heterocycles. The normalized spacial score (nSPS) is 10.8. The summed E-state index contributed by atoms with van der Waals surface area (Å²) in [6.07, 6.45) is 1.44. The number of hydrogen-bond acceptors (Lipinski definition) is 4. The summed E-state index contributed by atoms with van der Waals surface area (Å²) >= 11 is 0. The first-order valence-corrected chi connectivity index (χ1v) is 8.63. The van der Waals surface area contributed by atoms with Gasteiger partial charge in [0.2, 0.25) is 0 Å². The van der Waals surface area contributed by atoms with Crippen LogP contribution in [0.1, 0.15) is 10.4 Å². The zero-order valence-electron chi connectivity index (χ0n) is 14.8. The van der Waals surface area contributed by atoms with Gasteiger partial charge in [-0.3, -0.25) is 4.79 Å². The quantitative estimate of drug-likeness (QED) is 0.463. The number of aromatic nitrogens is 1. The molecule has 0 aliphatic rings. The second kappa shape index (κ2) is 7.00. The number of nitrogens with zero attached hydrogens (tertiary/aromatic N) is 1. The van der Waals surface area contributed by atoms with Gasteiger partial charge in [-0.15, -0.1) is 0 Å². The van der Waals surface area contributed by atoms with Crippen molar-refractivity contribution in [2.24, 2.45) is 0 Å². The standard InChI is InChI=1S/C22H17FN4O/c23-15-5-3-4-13(10-15)14-8-9-16-17(11-14)21(25)26-12-18(16)22(28)27-20-7-2-1-6-19(20)24/h1-12H,24H2,(H2,25,26)(H,27,28). The number of pyridine rings is 1. The molecule has 1 aromatic heterocycles. The van der Waals surface area contributed by atoms with E-state index in [2.05, 4.69) is 10.3 Å². The number of carbonyl (C=O) groups is 1. The summed E-state index contributed by atoms with van der Waals surface area (Å²) in [6.45, 7) is 0. The van der Waals surface area contributed by atoms with E-state index >= 15 is 0 Å². The first kappa shape index (κ1) is 17.5. The van der Waals surface area contributed by atoms with Gasteiger partial charge >= 0.3 is 0 Å². The van der Waals surface area contributed by atoms with E-state index in [0.717, 1.165) is 5.56 Å². The number of nitrogens with one attached hydrogen (secondary N) is 1. The minimum Gasteiger partial charge on any atom is -0.397 e. The van der Waals surface area contributed by atoms with Gasteiger partial charge in [0, 0.05) is 11.6 Å². The number of benzene rings is 3. The maximum atomic E-state index is 13.6. The van der Waals surface area contributed by atoms with Gasteiger partial charge in [-0.05, 0) is 46.8 Å². The Morgan fingerprint density at radius 3 is 2.46 bits per heavy atom. The molecular weight excluding hydrogens is 355 g/mol. The smallest absolute Gasteiger partial charge is 0.257 e. The zero-order chi connectivity index (χ0) is 19.7. The number of carbonyl (C=O) groups excluding carboxylic acids is 1. The van der Waals surface area contributed by atoms with Crippen LogP contribution in [0.2, 0.25) is 0 Å². The highest BCUT2D eigenvalue weighted by Crippen LogP contribution is 2.30. The van der Waals surface area contributed by atoms with Crippen LogP contribution in [0.4, 0.5) is 21.6 Å². The predicted octanol–water partition coefficient (Wildman–Crippen LogP) is 4.46. The van der Waals surface area contributed by atoms with Crippen molar-refractivity contribution in [1.82, 2.24) is 4.98 Å². The highest BCUT2D eigenvalue weighted by molar-refractivity contribution is 6.15. The lowest BCUT2D eigenvalue weighted by Crippen LogP contribution is -2.14. The third-order valence-electron chi connectivity index (χ3n) is 4.53. The molecule has 6 heteroatoms. The minimum absolute atomic E-state index is 0.295. The van der Waals surface area contributed by atoms with E-state index in [9.17, 15) is 9.18 Å². The minimum atomic E-state index is -0.339. The van der Waals surface area contributed by atoms with Crippen LogP contribution in [0.3, 0.4) is 0 Å². The van der Waals surface area contributed by atoms with Crippen LogP contribution in [0, 0.1) is 5.82 Å². The number of nitrogen functional groups attached to an aromatic ring is 2. The number of para-hydroxylation sites is 2. The molecule has 3 aromatic carbocycles. The molecule has 0 fully saturated rings. The molecule has 0 saturated carbocycles. The molecule has 1 amide bonds. The molecule has 0 spiro atoms. The SMILES string of the molecule is Nc1ccccc1NC(=O)c1cnc(N)c2cc(-c3cccc(F)c3)ccc12. The van der Waals surface area contributed by atoms with E-state index in [-0.39, 0.29) is 11.7 Å². The number of nitrogens with two attached hydrogens (primary N) is 2. The van der Waals surface area contributed by atoms with Gasteiger partial charge in [0.15, 0.2) is 0 Å². The first-order valence-electron chi connectivity index (χ1n) is 8.63. The maximum Gasteiger partial charge on any atom is 0.257 e. The van der Waals surface area contributed by atoms with E-state index in [4.69, 9.17) is 11.5 Å². The third kappa shape index (κ3) is 3.23. The summed E-state index contributed by atoms with van der Waals surface area (Å²) in [7, 11) is 0. The molecular formula is C22H17FN4O. The van der Waals surface area contributed by atoms with Crippen LogP contribution in [-0.2, 0) is 0 Å². The molecule has 0 saturated heterocycles. The molecule has 0 aliphatic carbocycles. The Kier molecular flexibility index (Phi) is 4.37. The number of hydrogen-bond donors (Lipinski definition) is 3. The lowest BCUT2D eigenvalue weighted by molar-refractivity contribution is 0.102. The van der Waals surface area contributed by atoms with Crippen LogP contribution in [0.5, 0.6) is 0 Å². The van der Waals surface area contributed by atoms with Crippen LogP contribution >= 0.6 is 0 Å². The lowest BCUT2D eigenvalue weighted by Gasteiger charge is -2.12. The molecule has 4 aromatic rings. The lowest BCUT2D eigenvalue weighted by atomic mass is 9.99. The van der Waals surface area contributed by atoms with Crippen molar-refractivity contribution in [3.8, 4) is 11.1 Å². The van der Waals surface area contributed by atoms with Crippen LogP contribution in [0.15, 0.2) is 72.9 Å². The fourth-order valence-electron chi connectivity index (χ4n) is 3.09. The van der Waals surface area contributed by atoms with Crippen molar-refractivity contribution in [3.63, 3.8) is 0 Å². The number of amides is 1.